The zero-order valence-corrected chi connectivity index (χ0v) is 17.5. The van der Waals surface area contributed by atoms with Crippen molar-refractivity contribution >= 4 is 28.3 Å². The van der Waals surface area contributed by atoms with Crippen molar-refractivity contribution in [2.24, 2.45) is 0 Å². The second-order valence-corrected chi connectivity index (χ2v) is 7.93. The average molecular weight is 435 g/mol. The summed E-state index contributed by atoms with van der Waals surface area (Å²) in [5.74, 6) is -2.48. The molecule has 3 aromatic rings. The van der Waals surface area contributed by atoms with E-state index in [1.54, 1.807) is 30.3 Å². The number of quaternary nitrogens is 1. The minimum atomic E-state index is -1.03. The Morgan fingerprint density at radius 1 is 1.16 bits per heavy atom. The van der Waals surface area contributed by atoms with Gasteiger partial charge in [0.2, 0.25) is 11.7 Å². The molecule has 9 heteroatoms. The molecule has 9 nitrogen and oxygen atoms in total. The van der Waals surface area contributed by atoms with Crippen LogP contribution in [0.2, 0.25) is 0 Å². The minimum Gasteiger partial charge on any atom is -0.868 e. The molecule has 1 amide bonds. The van der Waals surface area contributed by atoms with Gasteiger partial charge in [-0.3, -0.25) is 19.7 Å². The number of rotatable bonds is 7. The fourth-order valence-corrected chi connectivity index (χ4v) is 3.83. The monoisotopic (exact) mass is 435 g/mol. The summed E-state index contributed by atoms with van der Waals surface area (Å²) < 4.78 is 5.64. The molecule has 0 saturated carbocycles. The van der Waals surface area contributed by atoms with Crippen LogP contribution in [0.4, 0.5) is 5.69 Å². The highest BCUT2D eigenvalue weighted by Gasteiger charge is 2.41. The number of hydrogen-bond donors (Lipinski definition) is 1. The Kier molecular flexibility index (Phi) is 5.50. The van der Waals surface area contributed by atoms with Crippen molar-refractivity contribution in [3.8, 4) is 0 Å². The van der Waals surface area contributed by atoms with E-state index in [2.05, 4.69) is 0 Å². The molecule has 0 spiro atoms. The number of nitro groups is 1. The zero-order chi connectivity index (χ0) is 23.0. The molecule has 164 valence electrons. The fourth-order valence-electron chi connectivity index (χ4n) is 3.83. The largest absolute Gasteiger partial charge is 0.868 e. The minimum absolute atomic E-state index is 0.0575. The number of amides is 1. The summed E-state index contributed by atoms with van der Waals surface area (Å²) in [4.78, 5) is 39.3. The van der Waals surface area contributed by atoms with Crippen LogP contribution in [-0.4, -0.2) is 48.7 Å². The van der Waals surface area contributed by atoms with E-state index in [0.29, 0.717) is 23.1 Å². The van der Waals surface area contributed by atoms with Crippen molar-refractivity contribution in [3.05, 3.63) is 87.4 Å². The topological polar surface area (TPSA) is 121 Å². The van der Waals surface area contributed by atoms with Crippen LogP contribution in [-0.2, 0) is 4.79 Å². The molecule has 4 rings (SSSR count). The third-order valence-corrected chi connectivity index (χ3v) is 5.43. The first-order chi connectivity index (χ1) is 15.3. The zero-order valence-electron chi connectivity index (χ0n) is 17.5. The Morgan fingerprint density at radius 2 is 1.91 bits per heavy atom. The second kappa shape index (κ2) is 8.27. The fraction of sp³-hybridized carbons (Fsp3) is 0.217. The Morgan fingerprint density at radius 3 is 2.59 bits per heavy atom. The van der Waals surface area contributed by atoms with Crippen LogP contribution < -0.4 is 10.0 Å². The lowest BCUT2D eigenvalue weighted by Crippen LogP contribution is -3.06. The third-order valence-electron chi connectivity index (χ3n) is 5.43. The molecule has 1 aliphatic rings. The number of fused-ring (bicyclic) bond motifs is 1. The van der Waals surface area contributed by atoms with Gasteiger partial charge in [-0.05, 0) is 23.5 Å². The Balaban J connectivity index is 1.81. The quantitative estimate of drug-likeness (QED) is 0.334. The van der Waals surface area contributed by atoms with Gasteiger partial charge in [-0.2, -0.15) is 0 Å². The number of nitrogens with zero attached hydrogens (tertiary/aromatic N) is 2. The highest BCUT2D eigenvalue weighted by molar-refractivity contribution is 6.15. The van der Waals surface area contributed by atoms with Crippen molar-refractivity contribution in [2.45, 2.75) is 6.04 Å². The number of carbonyl (C=O) groups is 2. The van der Waals surface area contributed by atoms with Gasteiger partial charge in [-0.25, -0.2) is 0 Å². The molecule has 32 heavy (non-hydrogen) atoms. The van der Waals surface area contributed by atoms with Crippen LogP contribution in [0, 0.1) is 10.1 Å². The molecular weight excluding hydrogens is 414 g/mol. The smallest absolute Gasteiger partial charge is 0.269 e. The van der Waals surface area contributed by atoms with E-state index in [9.17, 15) is 24.8 Å². The first-order valence-electron chi connectivity index (χ1n) is 10.1. The van der Waals surface area contributed by atoms with Crippen LogP contribution >= 0.6 is 0 Å². The predicted molar refractivity (Wildman–Crippen MR) is 113 cm³/mol. The molecule has 0 fully saturated rings. The molecule has 1 unspecified atom stereocenters. The van der Waals surface area contributed by atoms with E-state index < -0.39 is 28.4 Å². The molecule has 0 saturated heterocycles. The summed E-state index contributed by atoms with van der Waals surface area (Å²) in [6, 6.07) is 13.2. The number of Topliss-reactive ketones (excluding diaryl/α,β-unsaturated/α-hetero) is 1. The van der Waals surface area contributed by atoms with Gasteiger partial charge in [0.25, 0.3) is 5.69 Å². The lowest BCUT2D eigenvalue weighted by Gasteiger charge is -2.27. The predicted octanol–water partition coefficient (Wildman–Crippen LogP) is 0.866. The summed E-state index contributed by atoms with van der Waals surface area (Å²) in [5, 5.41) is 24.9. The van der Waals surface area contributed by atoms with Crippen LogP contribution in [0.3, 0.4) is 0 Å². The lowest BCUT2D eigenvalue weighted by atomic mass is 9.94. The molecule has 2 heterocycles. The number of furan rings is 1. The van der Waals surface area contributed by atoms with Crippen LogP contribution in [0.5, 0.6) is 0 Å². The SMILES string of the molecule is C[NH+](C)CCN1C(=O)C([O-])=C(C(=O)c2cc3ccccc3o2)C1c1cccc([N+](=O)[O-])c1. The van der Waals surface area contributed by atoms with Crippen molar-refractivity contribution < 1.29 is 28.9 Å². The molecule has 1 aromatic heterocycles. The second-order valence-electron chi connectivity index (χ2n) is 7.93. The maximum absolute atomic E-state index is 13.4. The summed E-state index contributed by atoms with van der Waals surface area (Å²) >= 11 is 0. The van der Waals surface area contributed by atoms with Gasteiger partial charge >= 0.3 is 0 Å². The third kappa shape index (κ3) is 3.74. The Bertz CT molecular complexity index is 1230. The highest BCUT2D eigenvalue weighted by Crippen LogP contribution is 2.39. The van der Waals surface area contributed by atoms with Gasteiger partial charge < -0.3 is 19.3 Å². The number of nitrogens with one attached hydrogen (secondary N) is 1. The normalized spacial score (nSPS) is 16.4. The van der Waals surface area contributed by atoms with E-state index in [-0.39, 0.29) is 23.6 Å². The molecule has 0 radical (unpaired) electrons. The van der Waals surface area contributed by atoms with Gasteiger partial charge in [-0.1, -0.05) is 30.3 Å². The number of non-ortho nitro benzene ring substituents is 1. The number of likely N-dealkylation sites (N-methyl/N-ethyl adjacent to an activating group) is 1. The molecule has 1 atom stereocenters. The number of carbonyl (C=O) groups excluding carboxylic acids is 2. The Hall–Kier alpha value is -3.98. The van der Waals surface area contributed by atoms with Gasteiger partial charge in [0.05, 0.1) is 38.2 Å². The van der Waals surface area contributed by atoms with Gasteiger partial charge in [-0.15, -0.1) is 0 Å². The number of nitro benzene ring substituents is 1. The van der Waals surface area contributed by atoms with E-state index in [0.717, 1.165) is 4.90 Å². The summed E-state index contributed by atoms with van der Waals surface area (Å²) in [6.45, 7) is 0.730. The van der Waals surface area contributed by atoms with Gasteiger partial charge in [0.15, 0.2) is 5.76 Å². The number of hydrogen-bond acceptors (Lipinski definition) is 6. The maximum Gasteiger partial charge on any atom is 0.269 e. The molecule has 0 aliphatic carbocycles. The van der Waals surface area contributed by atoms with E-state index in [1.807, 2.05) is 14.1 Å². The van der Waals surface area contributed by atoms with Gasteiger partial charge in [0, 0.05) is 23.1 Å². The van der Waals surface area contributed by atoms with Crippen molar-refractivity contribution in [2.75, 3.05) is 27.2 Å². The van der Waals surface area contributed by atoms with Crippen LogP contribution in [0.15, 0.2) is 70.3 Å². The first-order valence-corrected chi connectivity index (χ1v) is 10.1. The Labute approximate surface area is 183 Å². The van der Waals surface area contributed by atoms with Crippen molar-refractivity contribution in [1.29, 1.82) is 0 Å². The number of benzene rings is 2. The molecule has 1 aliphatic heterocycles. The summed E-state index contributed by atoms with van der Waals surface area (Å²) in [7, 11) is 3.80. The molecule has 2 aromatic carbocycles. The molecule has 0 bridgehead atoms. The number of ketones is 1. The summed E-state index contributed by atoms with van der Waals surface area (Å²) in [5.41, 5.74) is 0.353. The first kappa shape index (κ1) is 21.3. The molecular formula is C23H21N3O6. The van der Waals surface area contributed by atoms with E-state index in [1.165, 1.54) is 29.2 Å². The van der Waals surface area contributed by atoms with E-state index >= 15 is 0 Å². The standard InChI is InChI=1S/C23H21N3O6/c1-24(2)10-11-25-20(15-7-5-8-16(12-15)26(30)31)19(22(28)23(25)29)21(27)18-13-14-6-3-4-9-17(14)32-18/h3-9,12-13,20,28H,10-11H2,1-2H3. The van der Waals surface area contributed by atoms with Crippen molar-refractivity contribution in [1.82, 2.24) is 4.90 Å². The number of para-hydroxylation sites is 1. The van der Waals surface area contributed by atoms with Crippen LogP contribution in [0.25, 0.3) is 11.0 Å². The lowest BCUT2D eigenvalue weighted by molar-refractivity contribution is -0.857. The highest BCUT2D eigenvalue weighted by atomic mass is 16.6. The maximum atomic E-state index is 13.4. The van der Waals surface area contributed by atoms with E-state index in [4.69, 9.17) is 4.42 Å². The average Bonchev–Trinajstić information content (AvgIpc) is 3.31. The molecule has 1 N–H and O–H groups in total. The van der Waals surface area contributed by atoms with Crippen molar-refractivity contribution in [3.63, 3.8) is 0 Å². The van der Waals surface area contributed by atoms with Gasteiger partial charge in [0.1, 0.15) is 5.58 Å². The van der Waals surface area contributed by atoms with Crippen LogP contribution in [0.1, 0.15) is 22.2 Å². The summed E-state index contributed by atoms with van der Waals surface area (Å²) in [6.07, 6.45) is 0.